The van der Waals surface area contributed by atoms with Crippen molar-refractivity contribution >= 4 is 16.7 Å². The van der Waals surface area contributed by atoms with Crippen LogP contribution in [0.25, 0.3) is 33.3 Å². The number of hydrogen-bond donors (Lipinski definition) is 2. The molecule has 144 valence electrons. The van der Waals surface area contributed by atoms with Gasteiger partial charge < -0.3 is 10.5 Å². The predicted molar refractivity (Wildman–Crippen MR) is 119 cm³/mol. The zero-order chi connectivity index (χ0) is 20.5. The number of pyridine rings is 1. The van der Waals surface area contributed by atoms with Crippen LogP contribution in [0.15, 0.2) is 85.1 Å². The molecule has 0 aliphatic heterocycles. The predicted octanol–water partition coefficient (Wildman–Crippen LogP) is 5.73. The van der Waals surface area contributed by atoms with Crippen LogP contribution in [0.4, 0.5) is 5.82 Å². The number of H-pyrrole nitrogens is 1. The summed E-state index contributed by atoms with van der Waals surface area (Å²) in [6, 6.07) is 25.1. The first-order valence-corrected chi connectivity index (χ1v) is 9.51. The maximum absolute atomic E-state index is 6.20. The number of nitrogens with zero attached hydrogens (tertiary/aromatic N) is 2. The molecule has 0 atom stereocenters. The minimum absolute atomic E-state index is 0.428. The van der Waals surface area contributed by atoms with Gasteiger partial charge in [0.25, 0.3) is 0 Å². The number of aromatic amines is 1. The Balaban J connectivity index is 1.55. The third-order valence-electron chi connectivity index (χ3n) is 4.93. The standard InChI is InChI=1S/C25H18N4O/c1-16-6-5-7-18(14-16)23-24-22(25(26)29-28-24)21(15-27-23)17-10-12-20(13-11-17)30-19-8-3-2-4-9-19/h1-15H,(H3,26,28,29). The highest BCUT2D eigenvalue weighted by atomic mass is 16.5. The van der Waals surface area contributed by atoms with Gasteiger partial charge in [0.2, 0.25) is 0 Å². The van der Waals surface area contributed by atoms with Gasteiger partial charge in [-0.2, -0.15) is 5.10 Å². The van der Waals surface area contributed by atoms with Gasteiger partial charge in [-0.15, -0.1) is 0 Å². The Morgan fingerprint density at radius 3 is 2.37 bits per heavy atom. The topological polar surface area (TPSA) is 76.8 Å². The second-order valence-electron chi connectivity index (χ2n) is 6.94. The molecule has 0 amide bonds. The molecule has 30 heavy (non-hydrogen) atoms. The smallest absolute Gasteiger partial charge is 0.153 e. The van der Waals surface area contributed by atoms with Crippen molar-refractivity contribution in [2.75, 3.05) is 5.73 Å². The van der Waals surface area contributed by atoms with Crippen LogP contribution in [-0.2, 0) is 0 Å². The molecular formula is C25H18N4O. The molecule has 2 radical (unpaired) electrons. The molecule has 5 nitrogen and oxygen atoms in total. The molecule has 0 aliphatic carbocycles. The van der Waals surface area contributed by atoms with Gasteiger partial charge in [0.15, 0.2) is 5.82 Å². The summed E-state index contributed by atoms with van der Waals surface area (Å²) in [5, 5.41) is 8.08. The number of nitrogens with two attached hydrogens (primary N) is 1. The zero-order valence-electron chi connectivity index (χ0n) is 16.0. The average Bonchev–Trinajstić information content (AvgIpc) is 3.16. The van der Waals surface area contributed by atoms with E-state index in [2.05, 4.69) is 15.2 Å². The Hall–Kier alpha value is -4.12. The van der Waals surface area contributed by atoms with Gasteiger partial charge in [-0.3, -0.25) is 10.1 Å². The molecule has 2 aromatic heterocycles. The fraction of sp³-hybridized carbons (Fsp3) is 0. The monoisotopic (exact) mass is 390 g/mol. The van der Waals surface area contributed by atoms with Crippen molar-refractivity contribution < 1.29 is 4.74 Å². The second-order valence-corrected chi connectivity index (χ2v) is 6.94. The molecule has 5 rings (SSSR count). The molecule has 3 aromatic carbocycles. The van der Waals surface area contributed by atoms with Crippen LogP contribution in [0.5, 0.6) is 11.5 Å². The number of nitrogen functional groups attached to an aromatic ring is 1. The van der Waals surface area contributed by atoms with Gasteiger partial charge in [0, 0.05) is 17.3 Å². The van der Waals surface area contributed by atoms with Crippen LogP contribution in [0.3, 0.4) is 0 Å². The average molecular weight is 390 g/mol. The van der Waals surface area contributed by atoms with E-state index in [4.69, 9.17) is 17.4 Å². The molecule has 0 bridgehead atoms. The van der Waals surface area contributed by atoms with E-state index in [1.165, 1.54) is 0 Å². The number of aromatic nitrogens is 3. The Bertz CT molecular complexity index is 1320. The summed E-state index contributed by atoms with van der Waals surface area (Å²) in [4.78, 5) is 4.68. The molecule has 2 heterocycles. The molecule has 0 spiro atoms. The van der Waals surface area contributed by atoms with E-state index in [-0.39, 0.29) is 0 Å². The van der Waals surface area contributed by atoms with Crippen LogP contribution < -0.4 is 10.5 Å². The quantitative estimate of drug-likeness (QED) is 0.411. The largest absolute Gasteiger partial charge is 0.457 e. The SMILES string of the molecule is [CH]c1cccc(-c2ncc(-c3ccc(Oc4ccccc4)cc3)c3c(N)n[nH]c23)c1. The first-order chi connectivity index (χ1) is 14.7. The molecule has 3 N–H and O–H groups in total. The Labute approximate surface area is 174 Å². The lowest BCUT2D eigenvalue weighted by atomic mass is 10.00. The van der Waals surface area contributed by atoms with Crippen molar-refractivity contribution in [3.63, 3.8) is 0 Å². The van der Waals surface area contributed by atoms with Gasteiger partial charge in [0.1, 0.15) is 11.5 Å². The highest BCUT2D eigenvalue weighted by Crippen LogP contribution is 2.36. The third-order valence-corrected chi connectivity index (χ3v) is 4.93. The maximum atomic E-state index is 6.20. The van der Waals surface area contributed by atoms with Gasteiger partial charge >= 0.3 is 0 Å². The highest BCUT2D eigenvalue weighted by Gasteiger charge is 2.16. The summed E-state index contributed by atoms with van der Waals surface area (Å²) < 4.78 is 5.88. The van der Waals surface area contributed by atoms with Crippen molar-refractivity contribution in [3.8, 4) is 33.9 Å². The van der Waals surface area contributed by atoms with Gasteiger partial charge in [-0.1, -0.05) is 48.5 Å². The van der Waals surface area contributed by atoms with Gasteiger partial charge in [-0.05, 0) is 48.4 Å². The number of anilines is 1. The van der Waals surface area contributed by atoms with E-state index < -0.39 is 0 Å². The summed E-state index contributed by atoms with van der Waals surface area (Å²) in [5.74, 6) is 1.97. The molecular weight excluding hydrogens is 372 g/mol. The minimum atomic E-state index is 0.428. The van der Waals surface area contributed by atoms with Gasteiger partial charge in [-0.25, -0.2) is 0 Å². The number of nitrogens with one attached hydrogen (secondary N) is 1. The van der Waals surface area contributed by atoms with E-state index >= 15 is 0 Å². The van der Waals surface area contributed by atoms with Crippen molar-refractivity contribution in [3.05, 3.63) is 97.5 Å². The first kappa shape index (κ1) is 17.9. The second kappa shape index (κ2) is 7.37. The summed E-state index contributed by atoms with van der Waals surface area (Å²) in [6.07, 6.45) is 1.82. The van der Waals surface area contributed by atoms with Crippen molar-refractivity contribution in [2.45, 2.75) is 0 Å². The number of para-hydroxylation sites is 1. The summed E-state index contributed by atoms with van der Waals surface area (Å²) in [6.45, 7) is 5.95. The summed E-state index contributed by atoms with van der Waals surface area (Å²) in [7, 11) is 0. The van der Waals surface area contributed by atoms with Crippen LogP contribution in [0.1, 0.15) is 5.56 Å². The van der Waals surface area contributed by atoms with Crippen molar-refractivity contribution in [1.82, 2.24) is 15.2 Å². The third kappa shape index (κ3) is 3.26. The minimum Gasteiger partial charge on any atom is -0.457 e. The number of benzene rings is 3. The van der Waals surface area contributed by atoms with Crippen LogP contribution in [0, 0.1) is 6.92 Å². The highest BCUT2D eigenvalue weighted by molar-refractivity contribution is 6.06. The Morgan fingerprint density at radius 1 is 0.833 bits per heavy atom. The van der Waals surface area contributed by atoms with Crippen molar-refractivity contribution in [2.24, 2.45) is 0 Å². The lowest BCUT2D eigenvalue weighted by Gasteiger charge is -2.10. The summed E-state index contributed by atoms with van der Waals surface area (Å²) >= 11 is 0. The van der Waals surface area contributed by atoms with E-state index in [1.807, 2.05) is 85.1 Å². The van der Waals surface area contributed by atoms with Gasteiger partial charge in [0.05, 0.1) is 16.6 Å². The van der Waals surface area contributed by atoms with E-state index in [0.717, 1.165) is 44.8 Å². The molecule has 0 saturated carbocycles. The van der Waals surface area contributed by atoms with Crippen molar-refractivity contribution in [1.29, 1.82) is 0 Å². The van der Waals surface area contributed by atoms with E-state index in [9.17, 15) is 0 Å². The van der Waals surface area contributed by atoms with Crippen LogP contribution in [-0.4, -0.2) is 15.2 Å². The molecule has 0 unspecified atom stereocenters. The Morgan fingerprint density at radius 2 is 1.60 bits per heavy atom. The normalized spacial score (nSPS) is 11.0. The molecule has 5 heteroatoms. The van der Waals surface area contributed by atoms with E-state index in [0.29, 0.717) is 11.4 Å². The Kier molecular flexibility index (Phi) is 4.41. The lowest BCUT2D eigenvalue weighted by Crippen LogP contribution is -1.92. The lowest BCUT2D eigenvalue weighted by molar-refractivity contribution is 0.483. The number of ether oxygens (including phenoxy) is 1. The number of rotatable bonds is 4. The number of hydrogen-bond acceptors (Lipinski definition) is 4. The molecule has 0 fully saturated rings. The molecule has 0 aliphatic rings. The first-order valence-electron chi connectivity index (χ1n) is 9.51. The van der Waals surface area contributed by atoms with Crippen LogP contribution in [0.2, 0.25) is 0 Å². The summed E-state index contributed by atoms with van der Waals surface area (Å²) in [5.41, 5.74) is 11.2. The van der Waals surface area contributed by atoms with E-state index in [1.54, 1.807) is 0 Å². The van der Waals surface area contributed by atoms with Crippen LogP contribution >= 0.6 is 0 Å². The molecule has 0 saturated heterocycles. The zero-order valence-corrected chi connectivity index (χ0v) is 16.0. The fourth-order valence-corrected chi connectivity index (χ4v) is 3.51. The number of fused-ring (bicyclic) bond motifs is 1. The molecule has 5 aromatic rings. The maximum Gasteiger partial charge on any atom is 0.153 e. The fourth-order valence-electron chi connectivity index (χ4n) is 3.51.